The van der Waals surface area contributed by atoms with Crippen molar-refractivity contribution < 1.29 is 13.2 Å². The van der Waals surface area contributed by atoms with Gasteiger partial charge in [0.25, 0.3) is 0 Å². The first-order valence-corrected chi connectivity index (χ1v) is 9.33. The first-order valence-electron chi connectivity index (χ1n) is 8.51. The van der Waals surface area contributed by atoms with E-state index in [9.17, 15) is 13.2 Å². The van der Waals surface area contributed by atoms with Gasteiger partial charge >= 0.3 is 6.18 Å². The van der Waals surface area contributed by atoms with Crippen LogP contribution in [0.25, 0.3) is 37.4 Å². The first kappa shape index (κ1) is 16.9. The number of halogens is 3. The van der Waals surface area contributed by atoms with Gasteiger partial charge < -0.3 is 0 Å². The molecule has 0 atom stereocenters. The van der Waals surface area contributed by atoms with Crippen LogP contribution in [0.3, 0.4) is 0 Å². The van der Waals surface area contributed by atoms with Crippen LogP contribution in [0.2, 0.25) is 0 Å². The molecule has 7 heteroatoms. The fourth-order valence-electron chi connectivity index (χ4n) is 3.17. The molecular formula is C21H12F3N3S. The second-order valence-corrected chi connectivity index (χ2v) is 7.36. The highest BCUT2D eigenvalue weighted by Gasteiger charge is 2.37. The van der Waals surface area contributed by atoms with Gasteiger partial charge in [-0.2, -0.15) is 18.3 Å². The van der Waals surface area contributed by atoms with E-state index >= 15 is 0 Å². The molecule has 3 nitrogen and oxygen atoms in total. The Morgan fingerprint density at radius 1 is 0.821 bits per heavy atom. The molecule has 0 aliphatic carbocycles. The molecule has 0 saturated heterocycles. The van der Waals surface area contributed by atoms with Crippen molar-refractivity contribution in [1.29, 1.82) is 0 Å². The Morgan fingerprint density at radius 2 is 1.57 bits per heavy atom. The number of aromatic nitrogens is 3. The Hall–Kier alpha value is -3.19. The monoisotopic (exact) mass is 395 g/mol. The predicted octanol–water partition coefficient (Wildman–Crippen LogP) is 6.32. The molecule has 0 aliphatic heterocycles. The Balaban J connectivity index is 1.69. The number of alkyl halides is 3. The van der Waals surface area contributed by atoms with Crippen molar-refractivity contribution in [3.05, 3.63) is 78.5 Å². The SMILES string of the molecule is FC(F)(F)c1cc(-c2ccc3ccccc3c2)nn1-c1nc2ccccc2s1. The highest BCUT2D eigenvalue weighted by molar-refractivity contribution is 7.20. The molecule has 28 heavy (non-hydrogen) atoms. The maximum absolute atomic E-state index is 13.7. The van der Waals surface area contributed by atoms with Crippen LogP contribution < -0.4 is 0 Å². The second-order valence-electron chi connectivity index (χ2n) is 6.35. The summed E-state index contributed by atoms with van der Waals surface area (Å²) in [6.45, 7) is 0. The summed E-state index contributed by atoms with van der Waals surface area (Å²) in [5, 5.41) is 6.43. The van der Waals surface area contributed by atoms with Gasteiger partial charge in [0.05, 0.1) is 15.9 Å². The lowest BCUT2D eigenvalue weighted by atomic mass is 10.1. The molecule has 0 saturated carbocycles. The Bertz CT molecular complexity index is 1280. The molecule has 0 N–H and O–H groups in total. The van der Waals surface area contributed by atoms with E-state index in [2.05, 4.69) is 10.1 Å². The molecule has 5 rings (SSSR count). The fourth-order valence-corrected chi connectivity index (χ4v) is 4.10. The average Bonchev–Trinajstić information content (AvgIpc) is 3.31. The van der Waals surface area contributed by atoms with Gasteiger partial charge in [-0.3, -0.25) is 0 Å². The zero-order chi connectivity index (χ0) is 19.3. The summed E-state index contributed by atoms with van der Waals surface area (Å²) in [5.41, 5.74) is 0.703. The molecule has 0 aliphatic rings. The van der Waals surface area contributed by atoms with Gasteiger partial charge in [0.2, 0.25) is 5.13 Å². The number of rotatable bonds is 2. The van der Waals surface area contributed by atoms with Crippen molar-refractivity contribution in [2.75, 3.05) is 0 Å². The Labute approximate surface area is 161 Å². The molecule has 0 radical (unpaired) electrons. The summed E-state index contributed by atoms with van der Waals surface area (Å²) in [6, 6.07) is 21.5. The minimum absolute atomic E-state index is 0.195. The van der Waals surface area contributed by atoms with E-state index in [-0.39, 0.29) is 10.8 Å². The molecule has 0 fully saturated rings. The lowest BCUT2D eigenvalue weighted by molar-refractivity contribution is -0.142. The van der Waals surface area contributed by atoms with Crippen molar-refractivity contribution in [1.82, 2.24) is 14.8 Å². The second kappa shape index (κ2) is 6.17. The van der Waals surface area contributed by atoms with Crippen molar-refractivity contribution >= 4 is 32.3 Å². The fraction of sp³-hybridized carbons (Fsp3) is 0.0476. The number of hydrogen-bond acceptors (Lipinski definition) is 3. The number of nitrogens with zero attached hydrogens (tertiary/aromatic N) is 3. The van der Waals surface area contributed by atoms with Crippen molar-refractivity contribution in [2.45, 2.75) is 6.18 Å². The minimum atomic E-state index is -4.54. The van der Waals surface area contributed by atoms with E-state index in [0.717, 1.165) is 26.2 Å². The topological polar surface area (TPSA) is 30.7 Å². The normalized spacial score (nSPS) is 12.1. The smallest absolute Gasteiger partial charge is 0.218 e. The highest BCUT2D eigenvalue weighted by atomic mass is 32.1. The van der Waals surface area contributed by atoms with E-state index in [1.165, 1.54) is 11.3 Å². The molecule has 0 spiro atoms. The summed E-state index contributed by atoms with van der Waals surface area (Å²) in [6.07, 6.45) is -4.54. The van der Waals surface area contributed by atoms with Crippen LogP contribution >= 0.6 is 11.3 Å². The van der Waals surface area contributed by atoms with E-state index in [0.29, 0.717) is 11.1 Å². The number of fused-ring (bicyclic) bond motifs is 2. The summed E-state index contributed by atoms with van der Waals surface area (Å²) < 4.78 is 42.8. The summed E-state index contributed by atoms with van der Waals surface area (Å²) in [7, 11) is 0. The third kappa shape index (κ3) is 2.84. The molecule has 5 aromatic rings. The lowest BCUT2D eigenvalue weighted by Gasteiger charge is -2.06. The van der Waals surface area contributed by atoms with Crippen LogP contribution in [0.1, 0.15) is 5.69 Å². The maximum Gasteiger partial charge on any atom is 0.433 e. The molecular weight excluding hydrogens is 383 g/mol. The number of thiazole rings is 1. The van der Waals surface area contributed by atoms with E-state index in [1.54, 1.807) is 18.2 Å². The zero-order valence-electron chi connectivity index (χ0n) is 14.3. The van der Waals surface area contributed by atoms with Crippen molar-refractivity contribution in [3.63, 3.8) is 0 Å². The average molecular weight is 395 g/mol. The molecule has 138 valence electrons. The number of hydrogen-bond donors (Lipinski definition) is 0. The minimum Gasteiger partial charge on any atom is -0.218 e. The van der Waals surface area contributed by atoms with Gasteiger partial charge in [-0.15, -0.1) is 0 Å². The molecule has 3 aromatic carbocycles. The predicted molar refractivity (Wildman–Crippen MR) is 105 cm³/mol. The standard InChI is InChI=1S/C21H12F3N3S/c22-21(23,24)19-12-17(15-10-9-13-5-1-2-6-14(13)11-15)26-27(19)20-25-16-7-3-4-8-18(16)28-20/h1-12H. The summed E-state index contributed by atoms with van der Waals surface area (Å²) >= 11 is 1.18. The van der Waals surface area contributed by atoms with Gasteiger partial charge in [0.15, 0.2) is 5.69 Å². The van der Waals surface area contributed by atoms with Gasteiger partial charge in [-0.05, 0) is 35.0 Å². The van der Waals surface area contributed by atoms with Gasteiger partial charge in [0.1, 0.15) is 0 Å². The summed E-state index contributed by atoms with van der Waals surface area (Å²) in [4.78, 5) is 4.33. The lowest BCUT2D eigenvalue weighted by Crippen LogP contribution is -2.12. The van der Waals surface area contributed by atoms with E-state index in [1.807, 2.05) is 48.5 Å². The quantitative estimate of drug-likeness (QED) is 0.350. The van der Waals surface area contributed by atoms with Crippen LogP contribution in [-0.2, 0) is 6.18 Å². The molecule has 0 amide bonds. The highest BCUT2D eigenvalue weighted by Crippen LogP contribution is 2.36. The van der Waals surface area contributed by atoms with Gasteiger partial charge in [-0.25, -0.2) is 9.67 Å². The van der Waals surface area contributed by atoms with Crippen molar-refractivity contribution in [3.8, 4) is 16.4 Å². The van der Waals surface area contributed by atoms with Crippen LogP contribution in [-0.4, -0.2) is 14.8 Å². The first-order chi connectivity index (χ1) is 13.5. The Morgan fingerprint density at radius 3 is 2.36 bits per heavy atom. The summed E-state index contributed by atoms with van der Waals surface area (Å²) in [5.74, 6) is 0. The van der Waals surface area contributed by atoms with E-state index in [4.69, 9.17) is 0 Å². The maximum atomic E-state index is 13.7. The zero-order valence-corrected chi connectivity index (χ0v) is 15.1. The van der Waals surface area contributed by atoms with Crippen LogP contribution in [0, 0.1) is 0 Å². The van der Waals surface area contributed by atoms with Gasteiger partial charge in [0, 0.05) is 5.56 Å². The third-order valence-electron chi connectivity index (χ3n) is 4.51. The molecule has 2 aromatic heterocycles. The van der Waals surface area contributed by atoms with Gasteiger partial charge in [-0.1, -0.05) is 59.9 Å². The molecule has 0 unspecified atom stereocenters. The third-order valence-corrected chi connectivity index (χ3v) is 5.52. The largest absolute Gasteiger partial charge is 0.433 e. The van der Waals surface area contributed by atoms with Crippen LogP contribution in [0.15, 0.2) is 72.8 Å². The Kier molecular flexibility index (Phi) is 3.73. The van der Waals surface area contributed by atoms with Crippen molar-refractivity contribution in [2.24, 2.45) is 0 Å². The van der Waals surface area contributed by atoms with E-state index < -0.39 is 11.9 Å². The molecule has 2 heterocycles. The molecule has 0 bridgehead atoms. The van der Waals surface area contributed by atoms with Crippen LogP contribution in [0.5, 0.6) is 0 Å². The number of para-hydroxylation sites is 1. The van der Waals surface area contributed by atoms with Crippen LogP contribution in [0.4, 0.5) is 13.2 Å². The number of benzene rings is 3.